The van der Waals surface area contributed by atoms with Crippen molar-refractivity contribution in [2.24, 2.45) is 35.0 Å². The van der Waals surface area contributed by atoms with E-state index in [2.05, 4.69) is 0 Å². The number of aliphatic hydroxyl groups is 3. The molecule has 0 saturated heterocycles. The van der Waals surface area contributed by atoms with Crippen molar-refractivity contribution in [1.82, 2.24) is 0 Å². The lowest BCUT2D eigenvalue weighted by Gasteiger charge is -2.50. The lowest BCUT2D eigenvalue weighted by Crippen LogP contribution is -2.61. The molecule has 0 aliphatic heterocycles. The molecule has 2 saturated carbocycles. The van der Waals surface area contributed by atoms with Crippen LogP contribution >= 0.6 is 0 Å². The number of carbonyl (C=O) groups is 2. The topological polar surface area (TPSA) is 104 Å². The lowest BCUT2D eigenvalue weighted by atomic mass is 9.60. The van der Waals surface area contributed by atoms with E-state index < -0.39 is 28.6 Å². The van der Waals surface area contributed by atoms with E-state index in [1.807, 2.05) is 26.8 Å². The standard InChI is InChI=1S/C24H34O6/c1-12(2)20(27)30-23-9-14(4)24(29)16(18(23)21(23,5)6)8-15(11-25)10-22(28)17(24)7-13(3)19(22)26/h7-8,12,14,16-18,25,28-29H,9-11H2,1-6H3/t14-,16+,17+,18+,22-,23-,24-/m0/s1. The van der Waals surface area contributed by atoms with Crippen molar-refractivity contribution in [2.45, 2.75) is 71.2 Å². The highest BCUT2D eigenvalue weighted by atomic mass is 16.6. The smallest absolute Gasteiger partial charge is 0.308 e. The van der Waals surface area contributed by atoms with Crippen LogP contribution in [0.4, 0.5) is 0 Å². The maximum absolute atomic E-state index is 12.9. The van der Waals surface area contributed by atoms with Crippen LogP contribution in [0, 0.1) is 35.0 Å². The van der Waals surface area contributed by atoms with Crippen molar-refractivity contribution >= 4 is 11.8 Å². The molecular weight excluding hydrogens is 384 g/mol. The van der Waals surface area contributed by atoms with E-state index in [0.29, 0.717) is 17.6 Å². The fraction of sp³-hybridized carbons (Fsp3) is 0.750. The fourth-order valence-corrected chi connectivity index (χ4v) is 6.90. The average Bonchev–Trinajstić information content (AvgIpc) is 3.06. The number of ketones is 1. The molecule has 4 rings (SSSR count). The van der Waals surface area contributed by atoms with Crippen molar-refractivity contribution in [1.29, 1.82) is 0 Å². The van der Waals surface area contributed by atoms with Crippen LogP contribution in [-0.2, 0) is 14.3 Å². The molecule has 0 aromatic heterocycles. The Hall–Kier alpha value is -1.50. The van der Waals surface area contributed by atoms with Crippen LogP contribution in [0.1, 0.15) is 54.4 Å². The largest absolute Gasteiger partial charge is 0.458 e. The summed E-state index contributed by atoms with van der Waals surface area (Å²) >= 11 is 0. The first-order chi connectivity index (χ1) is 13.8. The molecule has 0 aromatic carbocycles. The van der Waals surface area contributed by atoms with Crippen LogP contribution in [0.15, 0.2) is 23.3 Å². The molecule has 0 unspecified atom stereocenters. The number of fused-ring (bicyclic) bond motifs is 5. The van der Waals surface area contributed by atoms with E-state index >= 15 is 0 Å². The summed E-state index contributed by atoms with van der Waals surface area (Å²) in [4.78, 5) is 25.4. The molecule has 4 aliphatic rings. The fourth-order valence-electron chi connectivity index (χ4n) is 6.90. The third-order valence-corrected chi connectivity index (χ3v) is 8.63. The molecule has 2 fully saturated rings. The molecule has 166 valence electrons. The second-order valence-electron chi connectivity index (χ2n) is 10.9. The lowest BCUT2D eigenvalue weighted by molar-refractivity contribution is -0.188. The van der Waals surface area contributed by atoms with Gasteiger partial charge in [0.25, 0.3) is 0 Å². The highest BCUT2D eigenvalue weighted by Crippen LogP contribution is 2.76. The molecule has 4 aliphatic carbocycles. The minimum absolute atomic E-state index is 0.00169. The molecule has 3 N–H and O–H groups in total. The van der Waals surface area contributed by atoms with Gasteiger partial charge in [0.2, 0.25) is 0 Å². The van der Waals surface area contributed by atoms with Gasteiger partial charge in [0, 0.05) is 29.6 Å². The highest BCUT2D eigenvalue weighted by Gasteiger charge is 2.83. The molecular formula is C24H34O6. The number of hydrogen-bond acceptors (Lipinski definition) is 6. The Kier molecular flexibility index (Phi) is 4.54. The van der Waals surface area contributed by atoms with Gasteiger partial charge in [-0.25, -0.2) is 0 Å². The minimum Gasteiger partial charge on any atom is -0.458 e. The highest BCUT2D eigenvalue weighted by molar-refractivity contribution is 6.04. The van der Waals surface area contributed by atoms with Crippen LogP contribution in [0.3, 0.4) is 0 Å². The van der Waals surface area contributed by atoms with Gasteiger partial charge >= 0.3 is 5.97 Å². The Labute approximate surface area is 178 Å². The third kappa shape index (κ3) is 2.41. The van der Waals surface area contributed by atoms with E-state index in [0.717, 1.165) is 0 Å². The van der Waals surface area contributed by atoms with Crippen LogP contribution in [0.25, 0.3) is 0 Å². The third-order valence-electron chi connectivity index (χ3n) is 8.63. The zero-order chi connectivity index (χ0) is 22.4. The zero-order valence-electron chi connectivity index (χ0n) is 18.7. The number of hydrogen-bond donors (Lipinski definition) is 3. The molecule has 6 nitrogen and oxygen atoms in total. The van der Waals surface area contributed by atoms with E-state index in [4.69, 9.17) is 4.74 Å². The first kappa shape index (κ1) is 21.7. The van der Waals surface area contributed by atoms with Gasteiger partial charge in [0.15, 0.2) is 5.78 Å². The summed E-state index contributed by atoms with van der Waals surface area (Å²) in [6.07, 6.45) is 4.02. The Bertz CT molecular complexity index is 869. The maximum atomic E-state index is 12.9. The number of Topliss-reactive ketones (excluding diaryl/α,β-unsaturated/α-hetero) is 1. The van der Waals surface area contributed by atoms with Crippen molar-refractivity contribution in [3.05, 3.63) is 23.3 Å². The van der Waals surface area contributed by atoms with Crippen molar-refractivity contribution in [3.63, 3.8) is 0 Å². The van der Waals surface area contributed by atoms with Crippen molar-refractivity contribution in [2.75, 3.05) is 6.61 Å². The molecule has 0 heterocycles. The average molecular weight is 419 g/mol. The zero-order valence-corrected chi connectivity index (χ0v) is 18.7. The summed E-state index contributed by atoms with van der Waals surface area (Å²) in [5, 5.41) is 33.6. The van der Waals surface area contributed by atoms with Crippen molar-refractivity contribution < 1.29 is 29.6 Å². The van der Waals surface area contributed by atoms with Crippen LogP contribution in [0.2, 0.25) is 0 Å². The number of esters is 1. The summed E-state index contributed by atoms with van der Waals surface area (Å²) in [5.41, 5.74) is -3.23. The van der Waals surface area contributed by atoms with Gasteiger partial charge in [-0.15, -0.1) is 0 Å². The minimum atomic E-state index is -1.76. The Morgan fingerprint density at radius 3 is 2.47 bits per heavy atom. The first-order valence-electron chi connectivity index (χ1n) is 11.0. The summed E-state index contributed by atoms with van der Waals surface area (Å²) in [7, 11) is 0. The SMILES string of the molecule is CC1=C[C@H]2[C@@]3(O)[C@H](C=C(CO)C[C@@]2(O)C1=O)[C@@H]1C(C)(C)[C@]1(OC(=O)C(C)C)C[C@@H]3C. The summed E-state index contributed by atoms with van der Waals surface area (Å²) in [6.45, 7) is 11.0. The van der Waals surface area contributed by atoms with Gasteiger partial charge in [0.05, 0.1) is 18.1 Å². The van der Waals surface area contributed by atoms with Gasteiger partial charge in [-0.1, -0.05) is 46.8 Å². The predicted molar refractivity (Wildman–Crippen MR) is 110 cm³/mol. The van der Waals surface area contributed by atoms with Gasteiger partial charge in [0.1, 0.15) is 11.2 Å². The van der Waals surface area contributed by atoms with E-state index in [1.54, 1.807) is 26.8 Å². The molecule has 0 aromatic rings. The van der Waals surface area contributed by atoms with Crippen molar-refractivity contribution in [3.8, 4) is 0 Å². The monoisotopic (exact) mass is 418 g/mol. The van der Waals surface area contributed by atoms with Gasteiger partial charge in [-0.3, -0.25) is 9.59 Å². The second kappa shape index (κ2) is 6.27. The van der Waals surface area contributed by atoms with E-state index in [1.165, 1.54) is 0 Å². The number of carbonyl (C=O) groups excluding carboxylic acids is 2. The number of rotatable bonds is 3. The van der Waals surface area contributed by atoms with Crippen LogP contribution < -0.4 is 0 Å². The van der Waals surface area contributed by atoms with E-state index in [9.17, 15) is 24.9 Å². The normalized spacial score (nSPS) is 46.3. The number of aliphatic hydroxyl groups excluding tert-OH is 1. The maximum Gasteiger partial charge on any atom is 0.308 e. The van der Waals surface area contributed by atoms with Crippen LogP contribution in [0.5, 0.6) is 0 Å². The Balaban J connectivity index is 1.86. The van der Waals surface area contributed by atoms with Gasteiger partial charge < -0.3 is 20.1 Å². The first-order valence-corrected chi connectivity index (χ1v) is 11.0. The van der Waals surface area contributed by atoms with E-state index in [-0.39, 0.29) is 47.9 Å². The quantitative estimate of drug-likeness (QED) is 0.479. The Morgan fingerprint density at radius 1 is 1.27 bits per heavy atom. The molecule has 7 atom stereocenters. The van der Waals surface area contributed by atoms with Gasteiger partial charge in [-0.2, -0.15) is 0 Å². The Morgan fingerprint density at radius 2 is 1.90 bits per heavy atom. The van der Waals surface area contributed by atoms with Gasteiger partial charge in [-0.05, 0) is 30.4 Å². The summed E-state index contributed by atoms with van der Waals surface area (Å²) in [5.74, 6) is -2.62. The molecule has 0 radical (unpaired) electrons. The van der Waals surface area contributed by atoms with Crippen LogP contribution in [-0.4, -0.2) is 50.5 Å². The predicted octanol–water partition coefficient (Wildman–Crippen LogP) is 2.17. The molecule has 0 bridgehead atoms. The summed E-state index contributed by atoms with van der Waals surface area (Å²) in [6, 6.07) is 0. The second-order valence-corrected chi connectivity index (χ2v) is 10.9. The molecule has 0 spiro atoms. The number of ether oxygens (including phenoxy) is 1. The summed E-state index contributed by atoms with van der Waals surface area (Å²) < 4.78 is 6.10. The molecule has 30 heavy (non-hydrogen) atoms. The molecule has 0 amide bonds. The molecule has 6 heteroatoms.